The van der Waals surface area contributed by atoms with Crippen LogP contribution in [0.1, 0.15) is 0 Å². The van der Waals surface area contributed by atoms with Crippen molar-refractivity contribution in [2.24, 2.45) is 5.14 Å². The lowest BCUT2D eigenvalue weighted by Gasteiger charge is -2.11. The van der Waals surface area contributed by atoms with Crippen LogP contribution in [0, 0.1) is 5.82 Å². The van der Waals surface area contributed by atoms with Crippen molar-refractivity contribution in [3.8, 4) is 22.3 Å². The molecule has 3 aromatic rings. The molecule has 24 heavy (non-hydrogen) atoms. The molecule has 0 unspecified atom stereocenters. The van der Waals surface area contributed by atoms with Gasteiger partial charge in [-0.25, -0.2) is 27.9 Å². The number of benzene rings is 2. The second-order valence-corrected chi connectivity index (χ2v) is 6.63. The van der Waals surface area contributed by atoms with Crippen LogP contribution in [-0.2, 0) is 10.0 Å². The number of hydrogen-bond acceptors (Lipinski definition) is 5. The van der Waals surface area contributed by atoms with Gasteiger partial charge in [-0.2, -0.15) is 0 Å². The summed E-state index contributed by atoms with van der Waals surface area (Å²) >= 11 is 0. The zero-order valence-corrected chi connectivity index (χ0v) is 13.2. The molecule has 8 heteroatoms. The SMILES string of the molecule is Nc1ncc(-c2ccc(-c3cccc(F)c3)c(S(N)(=O)=O)c2)cn1. The monoisotopic (exact) mass is 344 g/mol. The van der Waals surface area contributed by atoms with Crippen LogP contribution >= 0.6 is 0 Å². The van der Waals surface area contributed by atoms with Crippen LogP contribution in [0.3, 0.4) is 0 Å². The number of anilines is 1. The normalized spacial score (nSPS) is 11.4. The quantitative estimate of drug-likeness (QED) is 0.756. The average molecular weight is 344 g/mol. The Balaban J connectivity index is 2.20. The summed E-state index contributed by atoms with van der Waals surface area (Å²) in [6, 6.07) is 10.3. The van der Waals surface area contributed by atoms with Crippen LogP contribution in [0.25, 0.3) is 22.3 Å². The molecule has 6 nitrogen and oxygen atoms in total. The molecule has 4 N–H and O–H groups in total. The third-order valence-electron chi connectivity index (χ3n) is 3.43. The third kappa shape index (κ3) is 3.24. The predicted molar refractivity (Wildman–Crippen MR) is 88.6 cm³/mol. The first-order valence-electron chi connectivity index (χ1n) is 6.85. The molecule has 0 amide bonds. The van der Waals surface area contributed by atoms with Gasteiger partial charge in [0.15, 0.2) is 0 Å². The van der Waals surface area contributed by atoms with E-state index in [2.05, 4.69) is 9.97 Å². The summed E-state index contributed by atoms with van der Waals surface area (Å²) in [5, 5.41) is 5.33. The van der Waals surface area contributed by atoms with Crippen LogP contribution in [0.5, 0.6) is 0 Å². The maximum Gasteiger partial charge on any atom is 0.238 e. The maximum absolute atomic E-state index is 13.5. The van der Waals surface area contributed by atoms with Crippen LogP contribution in [0.4, 0.5) is 10.3 Å². The van der Waals surface area contributed by atoms with Crippen molar-refractivity contribution in [2.45, 2.75) is 4.90 Å². The Morgan fingerprint density at radius 2 is 1.62 bits per heavy atom. The van der Waals surface area contributed by atoms with E-state index in [1.54, 1.807) is 18.2 Å². The van der Waals surface area contributed by atoms with Crippen molar-refractivity contribution in [3.63, 3.8) is 0 Å². The smallest absolute Gasteiger partial charge is 0.238 e. The number of nitrogens with zero attached hydrogens (tertiary/aromatic N) is 2. The second-order valence-electron chi connectivity index (χ2n) is 5.10. The molecule has 0 fully saturated rings. The molecule has 0 aliphatic heterocycles. The highest BCUT2D eigenvalue weighted by Gasteiger charge is 2.17. The lowest BCUT2D eigenvalue weighted by Crippen LogP contribution is -2.13. The number of nitrogens with two attached hydrogens (primary N) is 2. The van der Waals surface area contributed by atoms with Gasteiger partial charge in [-0.3, -0.25) is 0 Å². The average Bonchev–Trinajstić information content (AvgIpc) is 2.54. The highest BCUT2D eigenvalue weighted by atomic mass is 32.2. The van der Waals surface area contributed by atoms with E-state index in [4.69, 9.17) is 10.9 Å². The molecular weight excluding hydrogens is 331 g/mol. The van der Waals surface area contributed by atoms with E-state index in [1.807, 2.05) is 0 Å². The van der Waals surface area contributed by atoms with E-state index in [-0.39, 0.29) is 10.8 Å². The first-order valence-corrected chi connectivity index (χ1v) is 8.40. The van der Waals surface area contributed by atoms with Gasteiger partial charge in [0.25, 0.3) is 0 Å². The maximum atomic E-state index is 13.5. The number of sulfonamides is 1. The lowest BCUT2D eigenvalue weighted by atomic mass is 10.0. The van der Waals surface area contributed by atoms with Crippen LogP contribution in [-0.4, -0.2) is 18.4 Å². The van der Waals surface area contributed by atoms with Gasteiger partial charge in [0, 0.05) is 23.5 Å². The number of aromatic nitrogens is 2. The molecule has 122 valence electrons. The van der Waals surface area contributed by atoms with Gasteiger partial charge >= 0.3 is 0 Å². The van der Waals surface area contributed by atoms with Crippen molar-refractivity contribution in [3.05, 3.63) is 60.7 Å². The molecule has 1 aromatic heterocycles. The van der Waals surface area contributed by atoms with Gasteiger partial charge in [-0.05, 0) is 29.3 Å². The minimum absolute atomic E-state index is 0.109. The van der Waals surface area contributed by atoms with Crippen molar-refractivity contribution in [1.29, 1.82) is 0 Å². The van der Waals surface area contributed by atoms with Crippen LogP contribution in [0.15, 0.2) is 59.8 Å². The number of hydrogen-bond donors (Lipinski definition) is 2. The zero-order valence-electron chi connectivity index (χ0n) is 12.3. The van der Waals surface area contributed by atoms with E-state index in [1.165, 1.54) is 36.7 Å². The Hall–Kier alpha value is -2.84. The van der Waals surface area contributed by atoms with Crippen LogP contribution < -0.4 is 10.9 Å². The topological polar surface area (TPSA) is 112 Å². The van der Waals surface area contributed by atoms with Gasteiger partial charge in [0.1, 0.15) is 5.82 Å². The molecular formula is C16H13FN4O2S. The Morgan fingerprint density at radius 3 is 2.25 bits per heavy atom. The number of rotatable bonds is 3. The summed E-state index contributed by atoms with van der Waals surface area (Å²) < 4.78 is 37.4. The minimum atomic E-state index is -4.02. The van der Waals surface area contributed by atoms with E-state index < -0.39 is 15.8 Å². The first kappa shape index (κ1) is 16.0. The molecule has 0 atom stereocenters. The van der Waals surface area contributed by atoms with E-state index in [9.17, 15) is 12.8 Å². The van der Waals surface area contributed by atoms with Crippen molar-refractivity contribution < 1.29 is 12.8 Å². The summed E-state index contributed by atoms with van der Waals surface area (Å²) in [6.45, 7) is 0. The molecule has 0 radical (unpaired) electrons. The van der Waals surface area contributed by atoms with Crippen LogP contribution in [0.2, 0.25) is 0 Å². The number of halogens is 1. The fourth-order valence-electron chi connectivity index (χ4n) is 2.32. The van der Waals surface area contributed by atoms with E-state index >= 15 is 0 Å². The molecule has 0 spiro atoms. The van der Waals surface area contributed by atoms with E-state index in [0.29, 0.717) is 22.3 Å². The predicted octanol–water partition coefficient (Wildman–Crippen LogP) is 2.18. The Kier molecular flexibility index (Phi) is 4.00. The second kappa shape index (κ2) is 5.99. The van der Waals surface area contributed by atoms with Gasteiger partial charge in [-0.15, -0.1) is 0 Å². The summed E-state index contributed by atoms with van der Waals surface area (Å²) in [7, 11) is -4.02. The summed E-state index contributed by atoms with van der Waals surface area (Å²) in [5.74, 6) is -0.356. The number of nitrogen functional groups attached to an aromatic ring is 1. The summed E-state index contributed by atoms with van der Waals surface area (Å²) in [4.78, 5) is 7.64. The molecule has 0 aliphatic carbocycles. The van der Waals surface area contributed by atoms with Crippen molar-refractivity contribution in [2.75, 3.05) is 5.73 Å². The molecule has 0 saturated heterocycles. The zero-order chi connectivity index (χ0) is 17.3. The Bertz CT molecular complexity index is 1000. The fourth-order valence-corrected chi connectivity index (χ4v) is 3.10. The standard InChI is InChI=1S/C16H13FN4O2S/c17-13-3-1-2-11(6-13)14-5-4-10(7-15(14)24(19,22)23)12-8-20-16(18)21-9-12/h1-9H,(H2,18,20,21)(H2,19,22,23). The van der Waals surface area contributed by atoms with Gasteiger partial charge in [-0.1, -0.05) is 24.3 Å². The molecule has 1 heterocycles. The van der Waals surface area contributed by atoms with Crippen molar-refractivity contribution >= 4 is 16.0 Å². The Labute approximate surface area is 138 Å². The van der Waals surface area contributed by atoms with Gasteiger partial charge in [0.05, 0.1) is 4.90 Å². The summed E-state index contributed by atoms with van der Waals surface area (Å²) in [5.41, 5.74) is 7.32. The fraction of sp³-hybridized carbons (Fsp3) is 0. The first-order chi connectivity index (χ1) is 11.3. The van der Waals surface area contributed by atoms with E-state index in [0.717, 1.165) is 0 Å². The highest BCUT2D eigenvalue weighted by molar-refractivity contribution is 7.89. The van der Waals surface area contributed by atoms with Gasteiger partial charge < -0.3 is 5.73 Å². The molecule has 0 bridgehead atoms. The molecule has 0 aliphatic rings. The summed E-state index contributed by atoms with van der Waals surface area (Å²) in [6.07, 6.45) is 2.96. The highest BCUT2D eigenvalue weighted by Crippen LogP contribution is 2.31. The lowest BCUT2D eigenvalue weighted by molar-refractivity contribution is 0.598. The molecule has 2 aromatic carbocycles. The van der Waals surface area contributed by atoms with Gasteiger partial charge in [0.2, 0.25) is 16.0 Å². The largest absolute Gasteiger partial charge is 0.368 e. The van der Waals surface area contributed by atoms with Crippen molar-refractivity contribution in [1.82, 2.24) is 9.97 Å². The molecule has 3 rings (SSSR count). The third-order valence-corrected chi connectivity index (χ3v) is 4.38. The number of primary sulfonamides is 1. The minimum Gasteiger partial charge on any atom is -0.368 e. The Morgan fingerprint density at radius 1 is 0.917 bits per heavy atom. The molecule has 0 saturated carbocycles.